The lowest BCUT2D eigenvalue weighted by Gasteiger charge is -2.34. The van der Waals surface area contributed by atoms with Crippen molar-refractivity contribution in [3.63, 3.8) is 0 Å². The molecule has 5 nitrogen and oxygen atoms in total. The van der Waals surface area contributed by atoms with Gasteiger partial charge in [-0.2, -0.15) is 4.31 Å². The number of rotatable bonds is 7. The van der Waals surface area contributed by atoms with E-state index in [1.165, 1.54) is 4.31 Å². The number of hydrogen-bond acceptors (Lipinski definition) is 4. The van der Waals surface area contributed by atoms with E-state index in [4.69, 9.17) is 4.74 Å². The van der Waals surface area contributed by atoms with Gasteiger partial charge >= 0.3 is 0 Å². The van der Waals surface area contributed by atoms with Gasteiger partial charge in [0.05, 0.1) is 18.2 Å². The Bertz CT molecular complexity index is 584. The normalized spacial score (nSPS) is 18.7. The topological polar surface area (TPSA) is 49.9 Å². The van der Waals surface area contributed by atoms with Crippen LogP contribution in [0.5, 0.6) is 5.75 Å². The number of ether oxygens (including phenoxy) is 1. The molecule has 7 heteroatoms. The van der Waals surface area contributed by atoms with E-state index in [2.05, 4.69) is 4.90 Å². The summed E-state index contributed by atoms with van der Waals surface area (Å²) in [5.74, 6) is 0.653. The van der Waals surface area contributed by atoms with Crippen molar-refractivity contribution >= 4 is 10.0 Å². The summed E-state index contributed by atoms with van der Waals surface area (Å²) in [5.41, 5.74) is 0. The molecule has 0 unspecified atom stereocenters. The maximum atomic E-state index is 12.6. The summed E-state index contributed by atoms with van der Waals surface area (Å²) < 4.78 is 44.7. The first-order valence-corrected chi connectivity index (χ1v) is 9.42. The van der Waals surface area contributed by atoms with E-state index in [9.17, 15) is 12.8 Å². The molecule has 0 aromatic heterocycles. The lowest BCUT2D eigenvalue weighted by atomic mass is 10.2. The monoisotopic (exact) mass is 344 g/mol. The van der Waals surface area contributed by atoms with Crippen molar-refractivity contribution in [3.05, 3.63) is 24.3 Å². The summed E-state index contributed by atoms with van der Waals surface area (Å²) in [7, 11) is -3.47. The highest BCUT2D eigenvalue weighted by Gasteiger charge is 2.28. The molecule has 0 bridgehead atoms. The maximum absolute atomic E-state index is 12.6. The number of benzene rings is 1. The Balaban J connectivity index is 1.98. The number of nitrogens with zero attached hydrogens (tertiary/aromatic N) is 2. The molecule has 2 rings (SSSR count). The Kier molecular flexibility index (Phi) is 6.38. The summed E-state index contributed by atoms with van der Waals surface area (Å²) in [6.45, 7) is 6.78. The molecule has 0 amide bonds. The molecule has 0 spiro atoms. The lowest BCUT2D eigenvalue weighted by molar-refractivity contribution is 0.159. The summed E-state index contributed by atoms with van der Waals surface area (Å²) >= 11 is 0. The van der Waals surface area contributed by atoms with Gasteiger partial charge in [0.25, 0.3) is 0 Å². The molecule has 0 aliphatic carbocycles. The highest BCUT2D eigenvalue weighted by Crippen LogP contribution is 2.21. The van der Waals surface area contributed by atoms with Crippen molar-refractivity contribution in [3.8, 4) is 5.75 Å². The first kappa shape index (κ1) is 18.2. The molecule has 0 radical (unpaired) electrons. The van der Waals surface area contributed by atoms with Gasteiger partial charge in [0.2, 0.25) is 10.0 Å². The van der Waals surface area contributed by atoms with Crippen LogP contribution in [0.25, 0.3) is 0 Å². The zero-order valence-corrected chi connectivity index (χ0v) is 14.6. The van der Waals surface area contributed by atoms with Crippen molar-refractivity contribution in [1.29, 1.82) is 0 Å². The average molecular weight is 344 g/mol. The number of alkyl halides is 1. The van der Waals surface area contributed by atoms with Gasteiger partial charge in [0.1, 0.15) is 5.75 Å². The van der Waals surface area contributed by atoms with Crippen molar-refractivity contribution < 1.29 is 17.5 Å². The Morgan fingerprint density at radius 2 is 1.78 bits per heavy atom. The zero-order valence-electron chi connectivity index (χ0n) is 13.7. The second-order valence-corrected chi connectivity index (χ2v) is 7.81. The lowest BCUT2D eigenvalue weighted by Crippen LogP contribution is -2.49. The largest absolute Gasteiger partial charge is 0.494 e. The van der Waals surface area contributed by atoms with Gasteiger partial charge in [-0.25, -0.2) is 8.42 Å². The minimum Gasteiger partial charge on any atom is -0.494 e. The third-order valence-corrected chi connectivity index (χ3v) is 5.85. The van der Waals surface area contributed by atoms with Gasteiger partial charge in [-0.15, -0.1) is 0 Å². The third kappa shape index (κ3) is 4.65. The molecule has 1 atom stereocenters. The van der Waals surface area contributed by atoms with Crippen LogP contribution in [0.2, 0.25) is 0 Å². The second kappa shape index (κ2) is 8.08. The molecule has 1 aromatic carbocycles. The molecule has 23 heavy (non-hydrogen) atoms. The molecule has 0 saturated carbocycles. The van der Waals surface area contributed by atoms with Crippen molar-refractivity contribution in [2.75, 3.05) is 46.0 Å². The molecule has 0 N–H and O–H groups in total. The number of piperazine rings is 1. The number of halogens is 1. The Hall–Kier alpha value is -1.18. The third-order valence-electron chi connectivity index (χ3n) is 3.94. The van der Waals surface area contributed by atoms with Gasteiger partial charge in [-0.05, 0) is 37.1 Å². The summed E-state index contributed by atoms with van der Waals surface area (Å²) in [6.07, 6.45) is 0. The molecule has 1 heterocycles. The van der Waals surface area contributed by atoms with Gasteiger partial charge in [0, 0.05) is 32.7 Å². The molecule has 1 aliphatic heterocycles. The van der Waals surface area contributed by atoms with Gasteiger partial charge in [-0.3, -0.25) is 4.39 Å². The van der Waals surface area contributed by atoms with Crippen molar-refractivity contribution in [1.82, 2.24) is 9.21 Å². The maximum Gasteiger partial charge on any atom is 0.243 e. The van der Waals surface area contributed by atoms with Crippen molar-refractivity contribution in [2.45, 2.75) is 18.7 Å². The molecule has 1 fully saturated rings. The van der Waals surface area contributed by atoms with Crippen LogP contribution < -0.4 is 4.74 Å². The Morgan fingerprint density at radius 1 is 1.17 bits per heavy atom. The summed E-state index contributed by atoms with van der Waals surface area (Å²) in [6, 6.07) is 6.51. The predicted molar refractivity (Wildman–Crippen MR) is 87.9 cm³/mol. The van der Waals surface area contributed by atoms with Crippen LogP contribution in [0.15, 0.2) is 29.2 Å². The smallest absolute Gasteiger partial charge is 0.243 e. The Labute approximate surface area is 138 Å². The highest BCUT2D eigenvalue weighted by molar-refractivity contribution is 7.89. The van der Waals surface area contributed by atoms with Gasteiger partial charge in [0.15, 0.2) is 0 Å². The highest BCUT2D eigenvalue weighted by atomic mass is 32.2. The van der Waals surface area contributed by atoms with Crippen LogP contribution in [0.3, 0.4) is 0 Å². The fourth-order valence-corrected chi connectivity index (χ4v) is 4.09. The molecule has 130 valence electrons. The van der Waals surface area contributed by atoms with Crippen LogP contribution in [-0.4, -0.2) is 63.6 Å². The molecular formula is C16H25FN2O3S. The van der Waals surface area contributed by atoms with Crippen LogP contribution in [-0.2, 0) is 10.0 Å². The van der Waals surface area contributed by atoms with E-state index in [0.29, 0.717) is 45.1 Å². The second-order valence-electron chi connectivity index (χ2n) is 5.87. The molecular weight excluding hydrogens is 319 g/mol. The summed E-state index contributed by atoms with van der Waals surface area (Å²) in [4.78, 5) is 2.40. The first-order valence-electron chi connectivity index (χ1n) is 7.98. The molecule has 1 saturated heterocycles. The molecule has 1 aromatic rings. The zero-order chi connectivity index (χ0) is 16.9. The minimum atomic E-state index is -3.47. The van der Waals surface area contributed by atoms with E-state index < -0.39 is 10.0 Å². The van der Waals surface area contributed by atoms with E-state index >= 15 is 0 Å². The van der Waals surface area contributed by atoms with E-state index in [1.807, 2.05) is 13.8 Å². The average Bonchev–Trinajstić information content (AvgIpc) is 2.56. The van der Waals surface area contributed by atoms with E-state index in [1.54, 1.807) is 24.3 Å². The predicted octanol–water partition coefficient (Wildman–Crippen LogP) is 2.00. The van der Waals surface area contributed by atoms with Crippen LogP contribution in [0.4, 0.5) is 4.39 Å². The van der Waals surface area contributed by atoms with Gasteiger partial charge < -0.3 is 9.64 Å². The van der Waals surface area contributed by atoms with Crippen LogP contribution in [0, 0.1) is 5.92 Å². The SMILES string of the molecule is CCOc1ccc(S(=O)(=O)N2CCN(C[C@@H](C)CF)CC2)cc1. The quantitative estimate of drug-likeness (QED) is 0.759. The van der Waals surface area contributed by atoms with E-state index in [-0.39, 0.29) is 17.5 Å². The first-order chi connectivity index (χ1) is 11.0. The fraction of sp³-hybridized carbons (Fsp3) is 0.625. The standard InChI is InChI=1S/C16H25FN2O3S/c1-3-22-15-4-6-16(7-5-15)23(20,21)19-10-8-18(9-11-19)13-14(2)12-17/h4-7,14H,3,8-13H2,1-2H3/t14-/m0/s1. The van der Waals surface area contributed by atoms with Crippen LogP contribution in [0.1, 0.15) is 13.8 Å². The number of hydrogen-bond donors (Lipinski definition) is 0. The Morgan fingerprint density at radius 3 is 2.30 bits per heavy atom. The summed E-state index contributed by atoms with van der Waals surface area (Å²) in [5, 5.41) is 0. The number of sulfonamides is 1. The van der Waals surface area contributed by atoms with Gasteiger partial charge in [-0.1, -0.05) is 6.92 Å². The fourth-order valence-electron chi connectivity index (χ4n) is 2.67. The molecule has 1 aliphatic rings. The van der Waals surface area contributed by atoms with Crippen molar-refractivity contribution in [2.24, 2.45) is 5.92 Å². The van der Waals surface area contributed by atoms with Crippen LogP contribution >= 0.6 is 0 Å². The van der Waals surface area contributed by atoms with E-state index in [0.717, 1.165) is 0 Å². The minimum absolute atomic E-state index is 0.00994.